The average Bonchev–Trinajstić information content (AvgIpc) is 2.62. The molecule has 0 fully saturated rings. The lowest BCUT2D eigenvalue weighted by atomic mass is 9.99. The van der Waals surface area contributed by atoms with Gasteiger partial charge in [0.05, 0.1) is 6.04 Å². The fourth-order valence-electron chi connectivity index (χ4n) is 1.99. The molecule has 0 aliphatic rings. The van der Waals surface area contributed by atoms with E-state index >= 15 is 0 Å². The first-order valence-electron chi connectivity index (χ1n) is 5.41. The molecule has 4 heteroatoms. The van der Waals surface area contributed by atoms with Gasteiger partial charge in [0.25, 0.3) is 0 Å². The number of furan rings is 1. The highest BCUT2D eigenvalue weighted by Crippen LogP contribution is 2.28. The summed E-state index contributed by atoms with van der Waals surface area (Å²) in [7, 11) is 0. The molecule has 0 bridgehead atoms. The normalized spacial score (nSPS) is 12.7. The van der Waals surface area contributed by atoms with Gasteiger partial charge in [-0.1, -0.05) is 18.2 Å². The van der Waals surface area contributed by atoms with Crippen molar-refractivity contribution in [3.63, 3.8) is 0 Å². The molecule has 17 heavy (non-hydrogen) atoms. The lowest BCUT2D eigenvalue weighted by molar-refractivity contribution is 0.492. The first-order valence-corrected chi connectivity index (χ1v) is 5.41. The summed E-state index contributed by atoms with van der Waals surface area (Å²) in [5.41, 5.74) is 4.00. The minimum atomic E-state index is -0.395. The largest absolute Gasteiger partial charge is 0.466 e. The fraction of sp³-hybridized carbons (Fsp3) is 0.231. The van der Waals surface area contributed by atoms with E-state index in [1.807, 2.05) is 19.9 Å². The molecule has 0 aliphatic heterocycles. The van der Waals surface area contributed by atoms with Crippen LogP contribution in [0.2, 0.25) is 0 Å². The van der Waals surface area contributed by atoms with Crippen molar-refractivity contribution in [1.29, 1.82) is 0 Å². The van der Waals surface area contributed by atoms with E-state index in [0.29, 0.717) is 5.56 Å². The molecule has 1 atom stereocenters. The molecule has 0 saturated heterocycles. The molecule has 1 unspecified atom stereocenters. The second kappa shape index (κ2) is 4.69. The van der Waals surface area contributed by atoms with Crippen LogP contribution in [0.1, 0.15) is 28.7 Å². The Kier molecular flexibility index (Phi) is 3.26. The van der Waals surface area contributed by atoms with Crippen LogP contribution in [0.5, 0.6) is 0 Å². The molecule has 1 aromatic carbocycles. The predicted octanol–water partition coefficient (Wildman–Crippen LogP) is 2.59. The Morgan fingerprint density at radius 2 is 1.94 bits per heavy atom. The Morgan fingerprint density at radius 1 is 1.24 bits per heavy atom. The summed E-state index contributed by atoms with van der Waals surface area (Å²) in [5, 5.41) is 0. The van der Waals surface area contributed by atoms with Crippen LogP contribution >= 0.6 is 0 Å². The van der Waals surface area contributed by atoms with Gasteiger partial charge in [-0.3, -0.25) is 5.84 Å². The molecule has 3 N–H and O–H groups in total. The topological polar surface area (TPSA) is 51.2 Å². The van der Waals surface area contributed by atoms with E-state index in [4.69, 9.17) is 10.3 Å². The number of hydrogen-bond acceptors (Lipinski definition) is 3. The number of hydrazine groups is 1. The molecule has 0 spiro atoms. The van der Waals surface area contributed by atoms with Crippen molar-refractivity contribution in [2.75, 3.05) is 0 Å². The van der Waals surface area contributed by atoms with Gasteiger partial charge in [-0.15, -0.1) is 0 Å². The average molecular weight is 234 g/mol. The monoisotopic (exact) mass is 234 g/mol. The maximum Gasteiger partial charge on any atom is 0.128 e. The van der Waals surface area contributed by atoms with Crippen molar-refractivity contribution in [3.05, 3.63) is 58.8 Å². The summed E-state index contributed by atoms with van der Waals surface area (Å²) in [6, 6.07) is 8.04. The molecule has 2 rings (SSSR count). The summed E-state index contributed by atoms with van der Waals surface area (Å²) >= 11 is 0. The zero-order valence-electron chi connectivity index (χ0n) is 9.83. The quantitative estimate of drug-likeness (QED) is 0.634. The van der Waals surface area contributed by atoms with E-state index in [-0.39, 0.29) is 5.82 Å². The zero-order valence-corrected chi connectivity index (χ0v) is 9.83. The number of hydrogen-bond donors (Lipinski definition) is 2. The predicted molar refractivity (Wildman–Crippen MR) is 63.7 cm³/mol. The summed E-state index contributed by atoms with van der Waals surface area (Å²) < 4.78 is 19.2. The fourth-order valence-corrected chi connectivity index (χ4v) is 1.99. The highest BCUT2D eigenvalue weighted by atomic mass is 19.1. The second-order valence-corrected chi connectivity index (χ2v) is 3.99. The van der Waals surface area contributed by atoms with Crippen molar-refractivity contribution < 1.29 is 8.81 Å². The summed E-state index contributed by atoms with van der Waals surface area (Å²) in [6.07, 6.45) is 0. The van der Waals surface area contributed by atoms with Crippen LogP contribution in [0, 0.1) is 19.7 Å². The van der Waals surface area contributed by atoms with Gasteiger partial charge in [0.1, 0.15) is 17.3 Å². The van der Waals surface area contributed by atoms with Crippen molar-refractivity contribution in [3.8, 4) is 0 Å². The van der Waals surface area contributed by atoms with Crippen LogP contribution in [0.25, 0.3) is 0 Å². The van der Waals surface area contributed by atoms with Crippen LogP contribution in [0.3, 0.4) is 0 Å². The number of nitrogens with two attached hydrogens (primary N) is 1. The Hall–Kier alpha value is -1.65. The summed E-state index contributed by atoms with van der Waals surface area (Å²) in [6.45, 7) is 3.69. The first-order chi connectivity index (χ1) is 8.13. The molecule has 3 nitrogen and oxygen atoms in total. The van der Waals surface area contributed by atoms with E-state index in [0.717, 1.165) is 17.1 Å². The Labute approximate surface area is 99.4 Å². The highest BCUT2D eigenvalue weighted by molar-refractivity contribution is 5.34. The molecule has 0 aliphatic carbocycles. The third-order valence-corrected chi connectivity index (χ3v) is 2.77. The van der Waals surface area contributed by atoms with E-state index in [2.05, 4.69) is 5.43 Å². The van der Waals surface area contributed by atoms with E-state index in [1.54, 1.807) is 18.2 Å². The van der Waals surface area contributed by atoms with Gasteiger partial charge in [-0.05, 0) is 26.0 Å². The lowest BCUT2D eigenvalue weighted by Crippen LogP contribution is -2.29. The minimum absolute atomic E-state index is 0.284. The Balaban J connectivity index is 2.47. The van der Waals surface area contributed by atoms with Gasteiger partial charge >= 0.3 is 0 Å². The van der Waals surface area contributed by atoms with Crippen LogP contribution in [0.4, 0.5) is 4.39 Å². The van der Waals surface area contributed by atoms with Gasteiger partial charge in [0.15, 0.2) is 0 Å². The number of nitrogens with one attached hydrogen (secondary N) is 1. The SMILES string of the molecule is Cc1cc(C(NN)c2ccccc2F)c(C)o1. The lowest BCUT2D eigenvalue weighted by Gasteiger charge is -2.16. The number of halogens is 1. The molecule has 0 radical (unpaired) electrons. The van der Waals surface area contributed by atoms with Gasteiger partial charge in [0, 0.05) is 11.1 Å². The smallest absolute Gasteiger partial charge is 0.128 e. The Morgan fingerprint density at radius 3 is 2.47 bits per heavy atom. The number of rotatable bonds is 3. The molecular formula is C13H15FN2O. The van der Waals surface area contributed by atoms with E-state index < -0.39 is 6.04 Å². The van der Waals surface area contributed by atoms with Gasteiger partial charge in [-0.25, -0.2) is 9.82 Å². The molecule has 90 valence electrons. The molecule has 0 saturated carbocycles. The van der Waals surface area contributed by atoms with Crippen molar-refractivity contribution in [1.82, 2.24) is 5.43 Å². The third kappa shape index (κ3) is 2.23. The first kappa shape index (κ1) is 11.8. The number of benzene rings is 1. The minimum Gasteiger partial charge on any atom is -0.466 e. The van der Waals surface area contributed by atoms with Gasteiger partial charge in [-0.2, -0.15) is 0 Å². The highest BCUT2D eigenvalue weighted by Gasteiger charge is 2.20. The maximum atomic E-state index is 13.7. The zero-order chi connectivity index (χ0) is 12.4. The molecule has 1 heterocycles. The van der Waals surface area contributed by atoms with E-state index in [1.165, 1.54) is 6.07 Å². The van der Waals surface area contributed by atoms with Crippen molar-refractivity contribution in [2.24, 2.45) is 5.84 Å². The van der Waals surface area contributed by atoms with Crippen LogP contribution < -0.4 is 11.3 Å². The summed E-state index contributed by atoms with van der Waals surface area (Å²) in [4.78, 5) is 0. The number of aryl methyl sites for hydroxylation is 2. The third-order valence-electron chi connectivity index (χ3n) is 2.77. The van der Waals surface area contributed by atoms with Gasteiger partial charge in [0.2, 0.25) is 0 Å². The van der Waals surface area contributed by atoms with Crippen LogP contribution in [-0.4, -0.2) is 0 Å². The van der Waals surface area contributed by atoms with Crippen LogP contribution in [0.15, 0.2) is 34.7 Å². The Bertz CT molecular complexity index is 522. The van der Waals surface area contributed by atoms with Gasteiger partial charge < -0.3 is 4.42 Å². The maximum absolute atomic E-state index is 13.7. The molecule has 2 aromatic rings. The summed E-state index contributed by atoms with van der Waals surface area (Å²) in [5.74, 6) is 6.77. The van der Waals surface area contributed by atoms with Crippen molar-refractivity contribution in [2.45, 2.75) is 19.9 Å². The second-order valence-electron chi connectivity index (χ2n) is 3.99. The molecular weight excluding hydrogens is 219 g/mol. The standard InChI is InChI=1S/C13H15FN2O/c1-8-7-11(9(2)17-8)13(16-15)10-5-3-4-6-12(10)14/h3-7,13,16H,15H2,1-2H3. The van der Waals surface area contributed by atoms with Crippen LogP contribution in [-0.2, 0) is 0 Å². The molecule has 0 amide bonds. The van der Waals surface area contributed by atoms with Crippen molar-refractivity contribution >= 4 is 0 Å². The van der Waals surface area contributed by atoms with E-state index in [9.17, 15) is 4.39 Å². The molecule has 1 aromatic heterocycles.